The number of halogens is 1. The molecule has 1 aromatic carbocycles. The van der Waals surface area contributed by atoms with E-state index in [4.69, 9.17) is 21.1 Å². The summed E-state index contributed by atoms with van der Waals surface area (Å²) in [6, 6.07) is 10.6. The second-order valence-corrected chi connectivity index (χ2v) is 12.7. The van der Waals surface area contributed by atoms with Crippen molar-refractivity contribution >= 4 is 47.3 Å². The minimum Gasteiger partial charge on any atom is -0.434 e. The number of thiophene rings is 1. The number of ether oxygens (including phenoxy) is 2. The van der Waals surface area contributed by atoms with Crippen LogP contribution in [0.3, 0.4) is 0 Å². The van der Waals surface area contributed by atoms with E-state index in [-0.39, 0.29) is 18.4 Å². The maximum atomic E-state index is 13.5. The van der Waals surface area contributed by atoms with Crippen LogP contribution in [-0.4, -0.2) is 51.4 Å². The van der Waals surface area contributed by atoms with Crippen LogP contribution < -0.4 is 20.7 Å². The Kier molecular flexibility index (Phi) is 7.72. The van der Waals surface area contributed by atoms with E-state index in [1.165, 1.54) is 11.3 Å². The molecule has 0 aliphatic carbocycles. The quantitative estimate of drug-likeness (QED) is 0.152. The van der Waals surface area contributed by atoms with Crippen molar-refractivity contribution in [1.82, 2.24) is 24.6 Å². The highest BCUT2D eigenvalue weighted by molar-refractivity contribution is 7.12. The van der Waals surface area contributed by atoms with Crippen molar-refractivity contribution in [3.63, 3.8) is 0 Å². The Labute approximate surface area is 256 Å². The summed E-state index contributed by atoms with van der Waals surface area (Å²) in [6.07, 6.45) is 5.30. The van der Waals surface area contributed by atoms with Crippen LogP contribution in [0, 0.1) is 5.41 Å². The zero-order valence-corrected chi connectivity index (χ0v) is 25.3. The van der Waals surface area contributed by atoms with Gasteiger partial charge in [0.15, 0.2) is 13.1 Å². The minimum atomic E-state index is -1.06. The van der Waals surface area contributed by atoms with Gasteiger partial charge in [0.05, 0.1) is 17.9 Å². The number of fused-ring (bicyclic) bond motifs is 1. The number of aromatic amines is 1. The number of hydrogen-bond donors (Lipinski definition) is 3. The maximum absolute atomic E-state index is 13.5. The van der Waals surface area contributed by atoms with Gasteiger partial charge in [0, 0.05) is 38.7 Å². The highest BCUT2D eigenvalue weighted by atomic mass is 35.5. The highest BCUT2D eigenvalue weighted by Gasteiger charge is 2.29. The number of aliphatic hydroxyl groups is 1. The number of esters is 1. The standard InChI is InChI=1S/C30H29ClN6O5S/c1-30(2,3)29(40)42-16-41-28(39)25-9-18(13-43-25)22-12-33-27(35-22)24-7-5-20-8-17(10-26(38)37(20)24)21-11-19(31)4-6-23(21)36-15-32-14-34-36/h4,6,8-15,24,29,40H,5,7,16H2,1-3H3,(H,33,35)/p+1. The van der Waals surface area contributed by atoms with Crippen molar-refractivity contribution in [3.05, 3.63) is 79.7 Å². The molecule has 3 aromatic heterocycles. The number of hydrazine groups is 1. The van der Waals surface area contributed by atoms with Crippen molar-refractivity contribution in [3.8, 4) is 22.4 Å². The van der Waals surface area contributed by atoms with E-state index in [2.05, 4.69) is 20.1 Å². The molecular formula is C30H30ClN6O5S+. The van der Waals surface area contributed by atoms with Gasteiger partial charge in [-0.05, 0) is 48.7 Å². The maximum Gasteiger partial charge on any atom is 0.350 e. The summed E-state index contributed by atoms with van der Waals surface area (Å²) in [6.45, 7) is 5.11. The first-order valence-corrected chi connectivity index (χ1v) is 14.9. The Balaban J connectivity index is 1.19. The summed E-state index contributed by atoms with van der Waals surface area (Å²) in [4.78, 5) is 34.3. The lowest BCUT2D eigenvalue weighted by Crippen LogP contribution is -2.32. The minimum absolute atomic E-state index is 0.132. The molecule has 2 aliphatic heterocycles. The Bertz CT molecular complexity index is 1820. The molecule has 0 radical (unpaired) electrons. The number of aromatic nitrogens is 3. The summed E-state index contributed by atoms with van der Waals surface area (Å²) >= 11 is 7.58. The number of rotatable bonds is 8. The van der Waals surface area contributed by atoms with Gasteiger partial charge >= 0.3 is 18.6 Å². The molecule has 2 unspecified atom stereocenters. The first-order valence-electron chi connectivity index (χ1n) is 13.6. The van der Waals surface area contributed by atoms with Gasteiger partial charge in [-0.3, -0.25) is 4.79 Å². The Morgan fingerprint density at radius 3 is 2.86 bits per heavy atom. The number of nitrogens with one attached hydrogen (secondary N) is 2. The third-order valence-corrected chi connectivity index (χ3v) is 8.44. The number of pyridine rings is 1. The summed E-state index contributed by atoms with van der Waals surface area (Å²) in [5, 5.41) is 14.1. The Morgan fingerprint density at radius 2 is 2.09 bits per heavy atom. The van der Waals surface area contributed by atoms with Crippen LogP contribution in [0.1, 0.15) is 54.4 Å². The second-order valence-electron chi connectivity index (χ2n) is 11.4. The van der Waals surface area contributed by atoms with Gasteiger partial charge in [0.25, 0.3) is 5.56 Å². The van der Waals surface area contributed by atoms with E-state index >= 15 is 0 Å². The van der Waals surface area contributed by atoms with Crippen LogP contribution >= 0.6 is 22.9 Å². The van der Waals surface area contributed by atoms with Crippen LogP contribution in [-0.2, 0) is 15.9 Å². The average Bonchev–Trinajstić information content (AvgIpc) is 3.78. The summed E-state index contributed by atoms with van der Waals surface area (Å²) in [5.74, 6) is 0.123. The third-order valence-electron chi connectivity index (χ3n) is 7.30. The van der Waals surface area contributed by atoms with E-state index < -0.39 is 17.7 Å². The van der Waals surface area contributed by atoms with Crippen molar-refractivity contribution in [1.29, 1.82) is 0 Å². The molecule has 0 fully saturated rings. The topological polar surface area (TPSA) is 136 Å². The number of anilines is 1. The van der Waals surface area contributed by atoms with Gasteiger partial charge in [-0.2, -0.15) is 0 Å². The highest BCUT2D eigenvalue weighted by Crippen LogP contribution is 2.36. The average molecular weight is 622 g/mol. The molecule has 0 bridgehead atoms. The first-order chi connectivity index (χ1) is 20.6. The molecule has 5 heterocycles. The van der Waals surface area contributed by atoms with Crippen LogP contribution in [0.2, 0.25) is 5.02 Å². The number of nitrogens with zero attached hydrogens (tertiary/aromatic N) is 4. The van der Waals surface area contributed by atoms with Crippen molar-refractivity contribution in [2.24, 2.45) is 5.41 Å². The van der Waals surface area contributed by atoms with Crippen LogP contribution in [0.15, 0.2) is 52.8 Å². The molecule has 0 spiro atoms. The molecule has 0 amide bonds. The summed E-state index contributed by atoms with van der Waals surface area (Å²) in [7, 11) is 0. The number of imidazole rings is 1. The van der Waals surface area contributed by atoms with Gasteiger partial charge in [0.2, 0.25) is 0 Å². The fraction of sp³-hybridized carbons (Fsp3) is 0.300. The number of hydrogen-bond acceptors (Lipinski definition) is 9. The lowest BCUT2D eigenvalue weighted by Gasteiger charge is -2.25. The van der Waals surface area contributed by atoms with E-state index in [1.54, 1.807) is 46.6 Å². The molecule has 43 heavy (non-hydrogen) atoms. The molecule has 222 valence electrons. The number of aliphatic hydroxyl groups excluding tert-OH is 1. The number of aryl methyl sites for hydroxylation is 1. The molecule has 0 saturated carbocycles. The molecule has 2 atom stereocenters. The number of carbonyl (C=O) groups is 1. The largest absolute Gasteiger partial charge is 0.434 e. The lowest BCUT2D eigenvalue weighted by molar-refractivity contribution is -0.197. The SMILES string of the molecule is CC(C)(C)C(O)OCOC(=O)c1cc(-c2cnc(C3CCc4cc(-c5cc(Cl)ccc5N5C=[N+]=CN5)cc(=O)n43)[nH]2)cs1. The Hall–Kier alpha value is -4.19. The van der Waals surface area contributed by atoms with Gasteiger partial charge in [0.1, 0.15) is 16.4 Å². The van der Waals surface area contributed by atoms with Crippen LogP contribution in [0.25, 0.3) is 22.4 Å². The predicted octanol–water partition coefficient (Wildman–Crippen LogP) is 4.10. The number of benzene rings is 1. The molecule has 11 nitrogen and oxygen atoms in total. The van der Waals surface area contributed by atoms with E-state index in [1.807, 2.05) is 44.4 Å². The van der Waals surface area contributed by atoms with Gasteiger partial charge < -0.3 is 24.1 Å². The van der Waals surface area contributed by atoms with Crippen molar-refractivity contribution < 1.29 is 19.4 Å². The van der Waals surface area contributed by atoms with Crippen molar-refractivity contribution in [2.45, 2.75) is 45.9 Å². The van der Waals surface area contributed by atoms with Gasteiger partial charge in [-0.15, -0.1) is 21.8 Å². The zero-order valence-electron chi connectivity index (χ0n) is 23.7. The van der Waals surface area contributed by atoms with E-state index in [0.29, 0.717) is 28.6 Å². The molecular weight excluding hydrogens is 592 g/mol. The first kappa shape index (κ1) is 28.9. The number of H-pyrrole nitrogens is 1. The van der Waals surface area contributed by atoms with Gasteiger partial charge in [-0.25, -0.2) is 14.4 Å². The fourth-order valence-corrected chi connectivity index (χ4v) is 6.00. The molecule has 2 aliphatic rings. The third kappa shape index (κ3) is 5.88. The molecule has 0 saturated heterocycles. The molecule has 6 rings (SSSR count). The molecule has 13 heteroatoms. The smallest absolute Gasteiger partial charge is 0.350 e. The number of carbonyl (C=O) groups excluding carboxylic acids is 1. The van der Waals surface area contributed by atoms with Crippen LogP contribution in [0.5, 0.6) is 0 Å². The fourth-order valence-electron chi connectivity index (χ4n) is 5.03. The molecule has 4 aromatic rings. The van der Waals surface area contributed by atoms with Gasteiger partial charge in [-0.1, -0.05) is 32.4 Å². The second kappa shape index (κ2) is 11.5. The van der Waals surface area contributed by atoms with E-state index in [0.717, 1.165) is 33.8 Å². The Morgan fingerprint density at radius 1 is 1.26 bits per heavy atom. The predicted molar refractivity (Wildman–Crippen MR) is 166 cm³/mol. The summed E-state index contributed by atoms with van der Waals surface area (Å²) < 4.78 is 16.3. The van der Waals surface area contributed by atoms with E-state index in [9.17, 15) is 14.7 Å². The van der Waals surface area contributed by atoms with Crippen LogP contribution in [0.4, 0.5) is 5.69 Å². The summed E-state index contributed by atoms with van der Waals surface area (Å²) in [5.41, 5.74) is 7.24. The van der Waals surface area contributed by atoms with Crippen molar-refractivity contribution in [2.75, 3.05) is 11.8 Å². The monoisotopic (exact) mass is 621 g/mol. The molecule has 3 N–H and O–H groups in total. The normalized spacial score (nSPS) is 16.4. The zero-order chi connectivity index (χ0) is 30.3. The lowest BCUT2D eigenvalue weighted by atomic mass is 9.96.